The van der Waals surface area contributed by atoms with Crippen LogP contribution in [0.5, 0.6) is 5.88 Å². The number of hydrogen-bond donors (Lipinski definition) is 1. The lowest BCUT2D eigenvalue weighted by atomic mass is 9.76. The normalized spacial score (nSPS) is 22.8. The Morgan fingerprint density at radius 3 is 2.74 bits per heavy atom. The molecule has 4 heterocycles. The van der Waals surface area contributed by atoms with Crippen LogP contribution in [0.15, 0.2) is 30.6 Å². The number of pyridine rings is 1. The van der Waals surface area contributed by atoms with Crippen molar-refractivity contribution in [1.82, 2.24) is 19.4 Å². The maximum atomic E-state index is 13.0. The van der Waals surface area contributed by atoms with Crippen molar-refractivity contribution >= 4 is 17.4 Å². The van der Waals surface area contributed by atoms with Gasteiger partial charge >= 0.3 is 0 Å². The molecule has 0 radical (unpaired) electrons. The van der Waals surface area contributed by atoms with Crippen LogP contribution in [0.3, 0.4) is 0 Å². The first-order chi connectivity index (χ1) is 16.9. The number of ether oxygens (including phenoxy) is 2. The number of fused-ring (bicyclic) bond motifs is 1. The molecule has 0 spiro atoms. The molecule has 1 saturated heterocycles. The standard InChI is InChI=1S/C25H29F2N5O3/c1-3-25(11-10-15(2)34-14-25)19-13-32-12-18(29-24(22(32)30-19)35-16-6-4-7-16)23(33)31-20-9-5-8-17(28-20)21(26)27/h5,8-9,12-13,15-16,21H,3-4,6-7,10-11,14H2,1-2H3,(H,28,31,33)/t15?,25-/m0/s1. The monoisotopic (exact) mass is 485 g/mol. The van der Waals surface area contributed by atoms with E-state index in [1.807, 2.05) is 6.20 Å². The first-order valence-corrected chi connectivity index (χ1v) is 12.1. The molecule has 10 heteroatoms. The summed E-state index contributed by atoms with van der Waals surface area (Å²) in [6, 6.07) is 4.09. The van der Waals surface area contributed by atoms with Gasteiger partial charge in [-0.15, -0.1) is 0 Å². The fourth-order valence-corrected chi connectivity index (χ4v) is 4.48. The van der Waals surface area contributed by atoms with Crippen LogP contribution in [0.4, 0.5) is 14.6 Å². The topological polar surface area (TPSA) is 90.6 Å². The highest BCUT2D eigenvalue weighted by Gasteiger charge is 2.38. The molecule has 3 aromatic heterocycles. The van der Waals surface area contributed by atoms with E-state index in [-0.39, 0.29) is 29.1 Å². The van der Waals surface area contributed by atoms with Crippen LogP contribution in [0.1, 0.15) is 80.7 Å². The molecule has 1 amide bonds. The average molecular weight is 486 g/mol. The maximum Gasteiger partial charge on any atom is 0.280 e. The molecular weight excluding hydrogens is 456 g/mol. The highest BCUT2D eigenvalue weighted by Crippen LogP contribution is 2.38. The van der Waals surface area contributed by atoms with Crippen molar-refractivity contribution in [2.45, 2.75) is 76.4 Å². The summed E-state index contributed by atoms with van der Waals surface area (Å²) in [5.74, 6) is -0.250. The molecule has 35 heavy (non-hydrogen) atoms. The van der Waals surface area contributed by atoms with Crippen molar-refractivity contribution in [3.05, 3.63) is 47.7 Å². The van der Waals surface area contributed by atoms with E-state index in [1.165, 1.54) is 18.2 Å². The molecule has 1 saturated carbocycles. The van der Waals surface area contributed by atoms with Crippen LogP contribution in [0, 0.1) is 0 Å². The molecular formula is C25H29F2N5O3. The van der Waals surface area contributed by atoms with Gasteiger partial charge < -0.3 is 14.8 Å². The van der Waals surface area contributed by atoms with Crippen LogP contribution >= 0.6 is 0 Å². The summed E-state index contributed by atoms with van der Waals surface area (Å²) in [5, 5.41) is 2.57. The number of anilines is 1. The van der Waals surface area contributed by atoms with E-state index in [9.17, 15) is 13.6 Å². The van der Waals surface area contributed by atoms with Crippen molar-refractivity contribution in [1.29, 1.82) is 0 Å². The quantitative estimate of drug-likeness (QED) is 0.501. The lowest BCUT2D eigenvalue weighted by Crippen LogP contribution is -2.38. The van der Waals surface area contributed by atoms with Gasteiger partial charge in [0.2, 0.25) is 5.65 Å². The first-order valence-electron chi connectivity index (χ1n) is 12.1. The van der Waals surface area contributed by atoms with Gasteiger partial charge in [-0.25, -0.2) is 23.7 Å². The number of halogens is 2. The van der Waals surface area contributed by atoms with E-state index in [0.717, 1.165) is 44.2 Å². The number of nitrogens with one attached hydrogen (secondary N) is 1. The van der Waals surface area contributed by atoms with E-state index in [0.29, 0.717) is 18.1 Å². The Kier molecular flexibility index (Phi) is 6.39. The molecule has 2 atom stereocenters. The lowest BCUT2D eigenvalue weighted by molar-refractivity contribution is -0.0235. The molecule has 1 N–H and O–H groups in total. The second-order valence-corrected chi connectivity index (χ2v) is 9.46. The average Bonchev–Trinajstić information content (AvgIpc) is 3.27. The summed E-state index contributed by atoms with van der Waals surface area (Å²) in [4.78, 5) is 26.2. The molecule has 8 nitrogen and oxygen atoms in total. The van der Waals surface area contributed by atoms with Gasteiger partial charge in [0, 0.05) is 17.8 Å². The molecule has 3 aromatic rings. The van der Waals surface area contributed by atoms with E-state index in [1.54, 1.807) is 10.6 Å². The number of hydrogen-bond acceptors (Lipinski definition) is 6. The summed E-state index contributed by atoms with van der Waals surface area (Å²) in [5.41, 5.74) is 0.894. The van der Waals surface area contributed by atoms with Crippen molar-refractivity contribution < 1.29 is 23.0 Å². The Morgan fingerprint density at radius 2 is 2.09 bits per heavy atom. The molecule has 1 aliphatic carbocycles. The zero-order valence-corrected chi connectivity index (χ0v) is 19.8. The Hall–Kier alpha value is -3.14. The number of aromatic nitrogens is 4. The molecule has 0 aromatic carbocycles. The van der Waals surface area contributed by atoms with Crippen LogP contribution < -0.4 is 10.1 Å². The van der Waals surface area contributed by atoms with E-state index in [2.05, 4.69) is 29.1 Å². The van der Waals surface area contributed by atoms with E-state index < -0.39 is 18.0 Å². The Morgan fingerprint density at radius 1 is 1.26 bits per heavy atom. The van der Waals surface area contributed by atoms with Gasteiger partial charge in [-0.3, -0.25) is 9.20 Å². The summed E-state index contributed by atoms with van der Waals surface area (Å²) >= 11 is 0. The first kappa shape index (κ1) is 23.6. The van der Waals surface area contributed by atoms with Crippen LogP contribution in [-0.4, -0.2) is 44.1 Å². The van der Waals surface area contributed by atoms with Gasteiger partial charge in [-0.05, 0) is 57.6 Å². The van der Waals surface area contributed by atoms with Crippen LogP contribution in [0.2, 0.25) is 0 Å². The fraction of sp³-hybridized carbons (Fsp3) is 0.520. The lowest BCUT2D eigenvalue weighted by Gasteiger charge is -2.37. The second kappa shape index (κ2) is 9.49. The Bertz CT molecular complexity index is 1220. The van der Waals surface area contributed by atoms with Gasteiger partial charge in [0.1, 0.15) is 23.3 Å². The number of imidazole rings is 1. The van der Waals surface area contributed by atoms with Crippen LogP contribution in [0.25, 0.3) is 5.65 Å². The third-order valence-electron chi connectivity index (χ3n) is 7.10. The molecule has 1 aliphatic heterocycles. The molecule has 2 fully saturated rings. The summed E-state index contributed by atoms with van der Waals surface area (Å²) in [6.07, 6.45) is 6.74. The minimum Gasteiger partial charge on any atom is -0.472 e. The summed E-state index contributed by atoms with van der Waals surface area (Å²) in [6.45, 7) is 4.79. The number of rotatable bonds is 7. The maximum absolute atomic E-state index is 13.0. The Balaban J connectivity index is 1.49. The summed E-state index contributed by atoms with van der Waals surface area (Å²) < 4.78 is 39.9. The van der Waals surface area contributed by atoms with Gasteiger partial charge in [0.25, 0.3) is 18.2 Å². The van der Waals surface area contributed by atoms with Crippen molar-refractivity contribution in [3.63, 3.8) is 0 Å². The van der Waals surface area contributed by atoms with Crippen molar-refractivity contribution in [2.24, 2.45) is 0 Å². The molecule has 186 valence electrons. The minimum absolute atomic E-state index is 0.0286. The SMILES string of the molecule is CC[C@]1(c2cn3cc(C(=O)Nc4cccc(C(F)F)n4)nc(OC4CCC4)c3n2)CCC(C)OC1. The number of alkyl halides is 2. The highest BCUT2D eigenvalue weighted by atomic mass is 19.3. The van der Waals surface area contributed by atoms with Crippen molar-refractivity contribution in [2.75, 3.05) is 11.9 Å². The smallest absolute Gasteiger partial charge is 0.280 e. The molecule has 0 bridgehead atoms. The second-order valence-electron chi connectivity index (χ2n) is 9.46. The fourth-order valence-electron chi connectivity index (χ4n) is 4.48. The zero-order valence-electron chi connectivity index (χ0n) is 19.8. The van der Waals surface area contributed by atoms with Gasteiger partial charge in [-0.2, -0.15) is 0 Å². The number of carbonyl (C=O) groups excluding carboxylic acids is 1. The van der Waals surface area contributed by atoms with Gasteiger partial charge in [0.05, 0.1) is 18.4 Å². The number of nitrogens with zero attached hydrogens (tertiary/aromatic N) is 4. The van der Waals surface area contributed by atoms with Gasteiger partial charge in [0.15, 0.2) is 0 Å². The predicted molar refractivity (Wildman–Crippen MR) is 125 cm³/mol. The predicted octanol–water partition coefficient (Wildman–Crippen LogP) is 5.09. The zero-order chi connectivity index (χ0) is 24.6. The number of carbonyl (C=O) groups is 1. The minimum atomic E-state index is -2.73. The van der Waals surface area contributed by atoms with Gasteiger partial charge in [-0.1, -0.05) is 13.0 Å². The molecule has 5 rings (SSSR count). The highest BCUT2D eigenvalue weighted by molar-refractivity contribution is 6.02. The van der Waals surface area contributed by atoms with Crippen molar-refractivity contribution in [3.8, 4) is 5.88 Å². The number of amides is 1. The van der Waals surface area contributed by atoms with Crippen LogP contribution in [-0.2, 0) is 10.2 Å². The Labute approximate surface area is 202 Å². The van der Waals surface area contributed by atoms with E-state index >= 15 is 0 Å². The third-order valence-corrected chi connectivity index (χ3v) is 7.10. The third kappa shape index (κ3) is 4.71. The molecule has 1 unspecified atom stereocenters. The molecule has 2 aliphatic rings. The van der Waals surface area contributed by atoms with E-state index in [4.69, 9.17) is 14.5 Å². The largest absolute Gasteiger partial charge is 0.472 e. The summed E-state index contributed by atoms with van der Waals surface area (Å²) in [7, 11) is 0.